The molecule has 0 saturated heterocycles. The number of rotatable bonds is 10. The zero-order chi connectivity index (χ0) is 26.3. The van der Waals surface area contributed by atoms with Crippen LogP contribution in [0.5, 0.6) is 0 Å². The molecule has 1 N–H and O–H groups in total. The van der Waals surface area contributed by atoms with Gasteiger partial charge in [0.1, 0.15) is 18.4 Å². The zero-order valence-electron chi connectivity index (χ0n) is 20.5. The van der Waals surface area contributed by atoms with Gasteiger partial charge in [-0.05, 0) is 30.7 Å². The highest BCUT2D eigenvalue weighted by atomic mass is 32.2. The van der Waals surface area contributed by atoms with Gasteiger partial charge in [0.15, 0.2) is 0 Å². The largest absolute Gasteiger partial charge is 0.357 e. The second-order valence-corrected chi connectivity index (χ2v) is 10.4. The molecular formula is C27H30FN3O4S. The summed E-state index contributed by atoms with van der Waals surface area (Å²) >= 11 is 0. The van der Waals surface area contributed by atoms with Gasteiger partial charge < -0.3 is 10.2 Å². The number of amides is 2. The highest BCUT2D eigenvalue weighted by molar-refractivity contribution is 7.92. The SMILES string of the molecule is CNC(=O)C(Cc1ccccc1)N(Cc1ccccc1F)C(=O)CN(c1ccc(C)cc1)S(C)(=O)=O. The molecule has 3 aromatic rings. The van der Waals surface area contributed by atoms with Crippen LogP contribution >= 0.6 is 0 Å². The zero-order valence-corrected chi connectivity index (χ0v) is 21.3. The lowest BCUT2D eigenvalue weighted by Crippen LogP contribution is -2.53. The molecule has 7 nitrogen and oxygen atoms in total. The molecule has 0 aromatic heterocycles. The lowest BCUT2D eigenvalue weighted by Gasteiger charge is -2.33. The molecule has 0 aliphatic heterocycles. The first-order valence-electron chi connectivity index (χ1n) is 11.4. The van der Waals surface area contributed by atoms with E-state index in [4.69, 9.17) is 0 Å². The van der Waals surface area contributed by atoms with Crippen molar-refractivity contribution in [3.8, 4) is 0 Å². The number of likely N-dealkylation sites (N-methyl/N-ethyl adjacent to an activating group) is 1. The Bertz CT molecular complexity index is 1300. The Balaban J connectivity index is 2.03. The van der Waals surface area contributed by atoms with Gasteiger partial charge in [0, 0.05) is 25.6 Å². The van der Waals surface area contributed by atoms with Gasteiger partial charge in [-0.2, -0.15) is 0 Å². The summed E-state index contributed by atoms with van der Waals surface area (Å²) in [5.41, 5.74) is 2.27. The molecule has 3 rings (SSSR count). The molecule has 0 saturated carbocycles. The fraction of sp³-hybridized carbons (Fsp3) is 0.259. The van der Waals surface area contributed by atoms with E-state index in [1.807, 2.05) is 37.3 Å². The number of carbonyl (C=O) groups is 2. The molecule has 0 spiro atoms. The summed E-state index contributed by atoms with van der Waals surface area (Å²) in [7, 11) is -2.38. The molecule has 0 bridgehead atoms. The molecule has 2 amide bonds. The summed E-state index contributed by atoms with van der Waals surface area (Å²) < 4.78 is 40.9. The third-order valence-corrected chi connectivity index (χ3v) is 6.96. The van der Waals surface area contributed by atoms with Crippen LogP contribution in [-0.2, 0) is 32.6 Å². The van der Waals surface area contributed by atoms with E-state index < -0.39 is 40.2 Å². The Kier molecular flexibility index (Phi) is 8.82. The van der Waals surface area contributed by atoms with Crippen molar-refractivity contribution in [1.29, 1.82) is 0 Å². The van der Waals surface area contributed by atoms with Crippen LogP contribution in [0.15, 0.2) is 78.9 Å². The van der Waals surface area contributed by atoms with Crippen molar-refractivity contribution in [2.24, 2.45) is 0 Å². The minimum absolute atomic E-state index is 0.171. The highest BCUT2D eigenvalue weighted by Crippen LogP contribution is 2.21. The maximum absolute atomic E-state index is 14.6. The second-order valence-electron chi connectivity index (χ2n) is 8.54. The summed E-state index contributed by atoms with van der Waals surface area (Å²) in [6, 6.07) is 20.9. The molecule has 190 valence electrons. The van der Waals surface area contributed by atoms with Gasteiger partial charge in [0.05, 0.1) is 11.9 Å². The fourth-order valence-corrected chi connectivity index (χ4v) is 4.71. The third-order valence-electron chi connectivity index (χ3n) is 5.82. The van der Waals surface area contributed by atoms with Gasteiger partial charge >= 0.3 is 0 Å². The van der Waals surface area contributed by atoms with E-state index in [0.29, 0.717) is 5.69 Å². The Labute approximate surface area is 211 Å². The first-order valence-corrected chi connectivity index (χ1v) is 13.3. The van der Waals surface area contributed by atoms with E-state index in [1.54, 1.807) is 30.3 Å². The number of sulfonamides is 1. The molecule has 36 heavy (non-hydrogen) atoms. The number of hydrogen-bond acceptors (Lipinski definition) is 4. The van der Waals surface area contributed by atoms with E-state index in [9.17, 15) is 22.4 Å². The van der Waals surface area contributed by atoms with E-state index in [1.165, 1.54) is 30.1 Å². The van der Waals surface area contributed by atoms with Gasteiger partial charge in [0.25, 0.3) is 0 Å². The second kappa shape index (κ2) is 11.8. The third kappa shape index (κ3) is 6.91. The van der Waals surface area contributed by atoms with E-state index in [2.05, 4.69) is 5.32 Å². The van der Waals surface area contributed by atoms with Crippen LogP contribution in [0, 0.1) is 12.7 Å². The molecule has 0 fully saturated rings. The molecular weight excluding hydrogens is 481 g/mol. The number of carbonyl (C=O) groups excluding carboxylic acids is 2. The topological polar surface area (TPSA) is 86.8 Å². The minimum Gasteiger partial charge on any atom is -0.357 e. The quantitative estimate of drug-likeness (QED) is 0.453. The van der Waals surface area contributed by atoms with Gasteiger partial charge in [-0.1, -0.05) is 66.2 Å². The van der Waals surface area contributed by atoms with E-state index in [0.717, 1.165) is 21.7 Å². The molecule has 3 aromatic carbocycles. The Morgan fingerprint density at radius 3 is 2.14 bits per heavy atom. The average molecular weight is 512 g/mol. The Morgan fingerprint density at radius 1 is 0.944 bits per heavy atom. The average Bonchev–Trinajstić information content (AvgIpc) is 2.85. The normalized spacial score (nSPS) is 12.0. The monoisotopic (exact) mass is 511 g/mol. The molecule has 0 aliphatic rings. The lowest BCUT2D eigenvalue weighted by atomic mass is 10.0. The fourth-order valence-electron chi connectivity index (χ4n) is 3.86. The van der Waals surface area contributed by atoms with Crippen LogP contribution in [-0.4, -0.2) is 51.0 Å². The predicted molar refractivity (Wildman–Crippen MR) is 138 cm³/mol. The van der Waals surface area contributed by atoms with Crippen LogP contribution in [0.1, 0.15) is 16.7 Å². The van der Waals surface area contributed by atoms with E-state index >= 15 is 0 Å². The number of aryl methyl sites for hydroxylation is 1. The van der Waals surface area contributed by atoms with Crippen molar-refractivity contribution in [3.63, 3.8) is 0 Å². The number of hydrogen-bond donors (Lipinski definition) is 1. The maximum Gasteiger partial charge on any atom is 0.244 e. The van der Waals surface area contributed by atoms with Crippen LogP contribution in [0.3, 0.4) is 0 Å². The first kappa shape index (κ1) is 26.9. The van der Waals surface area contributed by atoms with Crippen LogP contribution < -0.4 is 9.62 Å². The Hall–Kier alpha value is -3.72. The summed E-state index contributed by atoms with van der Waals surface area (Å²) in [5, 5.41) is 2.58. The summed E-state index contributed by atoms with van der Waals surface area (Å²) in [6.07, 6.45) is 1.19. The number of nitrogens with one attached hydrogen (secondary N) is 1. The first-order chi connectivity index (χ1) is 17.1. The number of benzene rings is 3. The van der Waals surface area contributed by atoms with Crippen molar-refractivity contribution in [1.82, 2.24) is 10.2 Å². The summed E-state index contributed by atoms with van der Waals surface area (Å²) in [5.74, 6) is -1.59. The van der Waals surface area contributed by atoms with Crippen molar-refractivity contribution in [2.75, 3.05) is 24.2 Å². The van der Waals surface area contributed by atoms with Gasteiger partial charge in [-0.3, -0.25) is 13.9 Å². The van der Waals surface area contributed by atoms with Crippen molar-refractivity contribution in [2.45, 2.75) is 25.9 Å². The molecule has 1 unspecified atom stereocenters. The molecule has 0 heterocycles. The Morgan fingerprint density at radius 2 is 1.56 bits per heavy atom. The highest BCUT2D eigenvalue weighted by Gasteiger charge is 2.33. The van der Waals surface area contributed by atoms with Crippen LogP contribution in [0.2, 0.25) is 0 Å². The number of nitrogens with zero attached hydrogens (tertiary/aromatic N) is 2. The molecule has 0 radical (unpaired) electrons. The summed E-state index contributed by atoms with van der Waals surface area (Å²) in [4.78, 5) is 28.0. The van der Waals surface area contributed by atoms with Crippen molar-refractivity contribution >= 4 is 27.5 Å². The predicted octanol–water partition coefficient (Wildman–Crippen LogP) is 3.29. The van der Waals surface area contributed by atoms with Crippen molar-refractivity contribution in [3.05, 3.63) is 101 Å². The minimum atomic E-state index is -3.84. The van der Waals surface area contributed by atoms with Gasteiger partial charge in [-0.15, -0.1) is 0 Å². The summed E-state index contributed by atoms with van der Waals surface area (Å²) in [6.45, 7) is 1.12. The van der Waals surface area contributed by atoms with Gasteiger partial charge in [-0.25, -0.2) is 12.8 Å². The molecule has 9 heteroatoms. The lowest BCUT2D eigenvalue weighted by molar-refractivity contribution is -0.139. The van der Waals surface area contributed by atoms with Crippen LogP contribution in [0.4, 0.5) is 10.1 Å². The molecule has 0 aliphatic carbocycles. The standard InChI is InChI=1S/C27H30FN3O4S/c1-20-13-15-23(16-14-20)31(36(3,34)35)19-26(32)30(18-22-11-7-8-12-24(22)28)25(27(33)29-2)17-21-9-5-4-6-10-21/h4-16,25H,17-19H2,1-3H3,(H,29,33). The number of anilines is 1. The maximum atomic E-state index is 14.6. The smallest absolute Gasteiger partial charge is 0.244 e. The van der Waals surface area contributed by atoms with Crippen LogP contribution in [0.25, 0.3) is 0 Å². The molecule has 1 atom stereocenters. The van der Waals surface area contributed by atoms with E-state index in [-0.39, 0.29) is 18.5 Å². The van der Waals surface area contributed by atoms with Crippen molar-refractivity contribution < 1.29 is 22.4 Å². The number of halogens is 1. The van der Waals surface area contributed by atoms with Gasteiger partial charge in [0.2, 0.25) is 21.8 Å².